The monoisotopic (exact) mass is 447 g/mol. The third-order valence-corrected chi connectivity index (χ3v) is 4.96. The Morgan fingerprint density at radius 3 is 2.03 bits per heavy atom. The predicted octanol–water partition coefficient (Wildman–Crippen LogP) is 2.95. The predicted molar refractivity (Wildman–Crippen MR) is 115 cm³/mol. The van der Waals surface area contributed by atoms with Crippen LogP contribution in [0.25, 0.3) is 0 Å². The van der Waals surface area contributed by atoms with Crippen molar-refractivity contribution in [3.8, 4) is 5.75 Å². The molecule has 0 aromatic heterocycles. The lowest BCUT2D eigenvalue weighted by Crippen LogP contribution is -2.56. The van der Waals surface area contributed by atoms with E-state index in [-0.39, 0.29) is 0 Å². The Balaban J connectivity index is 1.99. The fourth-order valence-electron chi connectivity index (χ4n) is 2.86. The van der Waals surface area contributed by atoms with Gasteiger partial charge in [-0.1, -0.05) is 32.0 Å². The highest BCUT2D eigenvalue weighted by Gasteiger charge is 2.28. The van der Waals surface area contributed by atoms with Crippen LogP contribution >= 0.6 is 0 Å². The second kappa shape index (κ2) is 10.7. The number of rotatable bonds is 7. The van der Waals surface area contributed by atoms with Crippen LogP contribution in [-0.2, 0) is 9.59 Å². The van der Waals surface area contributed by atoms with Crippen molar-refractivity contribution in [2.24, 2.45) is 5.92 Å². The number of halogens is 2. The maximum Gasteiger partial charge on any atom is 0.279 e. The van der Waals surface area contributed by atoms with Gasteiger partial charge in [0.15, 0.2) is 6.10 Å². The van der Waals surface area contributed by atoms with E-state index >= 15 is 0 Å². The molecule has 3 amide bonds. The zero-order chi connectivity index (χ0) is 24.0. The minimum absolute atomic E-state index is 0.436. The average molecular weight is 447 g/mol. The zero-order valence-corrected chi connectivity index (χ0v) is 18.6. The SMILES string of the molecule is Cc1cccc(OC(C)C(=O)NNC(=O)C(NC(=O)c2c(F)cccc2F)C(C)C)c1C. The number of amides is 3. The van der Waals surface area contributed by atoms with Gasteiger partial charge in [0.05, 0.1) is 0 Å². The summed E-state index contributed by atoms with van der Waals surface area (Å²) in [5.41, 5.74) is 5.57. The van der Waals surface area contributed by atoms with Gasteiger partial charge in [-0.2, -0.15) is 0 Å². The summed E-state index contributed by atoms with van der Waals surface area (Å²) in [5, 5.41) is 2.31. The quantitative estimate of drug-likeness (QED) is 0.569. The smallest absolute Gasteiger partial charge is 0.279 e. The van der Waals surface area contributed by atoms with Crippen LogP contribution in [0.3, 0.4) is 0 Å². The minimum atomic E-state index is -1.16. The zero-order valence-electron chi connectivity index (χ0n) is 18.6. The van der Waals surface area contributed by atoms with Crippen molar-refractivity contribution in [2.75, 3.05) is 0 Å². The lowest BCUT2D eigenvalue weighted by molar-refractivity contribution is -0.133. The van der Waals surface area contributed by atoms with Crippen LogP contribution in [0.4, 0.5) is 8.78 Å². The van der Waals surface area contributed by atoms with Crippen molar-refractivity contribution >= 4 is 17.7 Å². The Kier molecular flexibility index (Phi) is 8.28. The van der Waals surface area contributed by atoms with Crippen molar-refractivity contribution in [2.45, 2.75) is 46.8 Å². The molecule has 7 nitrogen and oxygen atoms in total. The van der Waals surface area contributed by atoms with Gasteiger partial charge in [0.25, 0.3) is 17.7 Å². The topological polar surface area (TPSA) is 96.5 Å². The van der Waals surface area contributed by atoms with Gasteiger partial charge in [0.1, 0.15) is 29.0 Å². The van der Waals surface area contributed by atoms with Crippen LogP contribution in [-0.4, -0.2) is 29.9 Å². The van der Waals surface area contributed by atoms with Crippen LogP contribution < -0.4 is 20.9 Å². The summed E-state index contributed by atoms with van der Waals surface area (Å²) in [6.07, 6.45) is -0.921. The summed E-state index contributed by atoms with van der Waals surface area (Å²) in [5.74, 6) is -4.43. The van der Waals surface area contributed by atoms with Gasteiger partial charge in [-0.3, -0.25) is 25.2 Å². The average Bonchev–Trinajstić information content (AvgIpc) is 2.72. The first-order chi connectivity index (χ1) is 15.0. The van der Waals surface area contributed by atoms with Crippen molar-refractivity contribution in [1.82, 2.24) is 16.2 Å². The summed E-state index contributed by atoms with van der Waals surface area (Å²) >= 11 is 0. The first-order valence-corrected chi connectivity index (χ1v) is 10.1. The molecule has 0 radical (unpaired) electrons. The molecule has 0 spiro atoms. The first-order valence-electron chi connectivity index (χ1n) is 10.1. The normalized spacial score (nSPS) is 12.6. The Bertz CT molecular complexity index is 990. The van der Waals surface area contributed by atoms with Gasteiger partial charge in [0.2, 0.25) is 0 Å². The molecule has 2 atom stereocenters. The molecule has 2 aromatic rings. The number of benzene rings is 2. The second-order valence-corrected chi connectivity index (χ2v) is 7.73. The van der Waals surface area contributed by atoms with Crippen LogP contribution in [0.5, 0.6) is 5.75 Å². The van der Waals surface area contributed by atoms with E-state index in [1.807, 2.05) is 19.9 Å². The lowest BCUT2D eigenvalue weighted by atomic mass is 10.0. The molecular weight excluding hydrogens is 420 g/mol. The van der Waals surface area contributed by atoms with Crippen molar-refractivity contribution < 1.29 is 27.9 Å². The number of aryl methyl sites for hydroxylation is 1. The van der Waals surface area contributed by atoms with E-state index in [1.54, 1.807) is 26.0 Å². The number of hydrogen-bond donors (Lipinski definition) is 3. The summed E-state index contributed by atoms with van der Waals surface area (Å²) in [6, 6.07) is 7.32. The standard InChI is InChI=1S/C23H27F2N3O4/c1-12(2)20(26-22(30)19-16(24)9-7-10-17(19)25)23(31)28-27-21(29)15(5)32-18-11-6-8-13(3)14(18)4/h6-12,15,20H,1-5H3,(H,26,30)(H,27,29)(H,28,31). The molecule has 3 N–H and O–H groups in total. The third-order valence-electron chi connectivity index (χ3n) is 4.96. The number of nitrogens with one attached hydrogen (secondary N) is 3. The van der Waals surface area contributed by atoms with Crippen molar-refractivity contribution in [3.05, 3.63) is 64.7 Å². The number of carbonyl (C=O) groups excluding carboxylic acids is 3. The Morgan fingerprint density at radius 2 is 1.44 bits per heavy atom. The molecule has 32 heavy (non-hydrogen) atoms. The van der Waals surface area contributed by atoms with E-state index in [4.69, 9.17) is 4.74 Å². The summed E-state index contributed by atoms with van der Waals surface area (Å²) in [7, 11) is 0. The highest BCUT2D eigenvalue weighted by atomic mass is 19.1. The molecule has 2 aromatic carbocycles. The van der Waals surface area contributed by atoms with E-state index in [0.717, 1.165) is 29.3 Å². The fourth-order valence-corrected chi connectivity index (χ4v) is 2.86. The highest BCUT2D eigenvalue weighted by molar-refractivity contribution is 5.98. The van der Waals surface area contributed by atoms with Crippen LogP contribution in [0.2, 0.25) is 0 Å². The van der Waals surface area contributed by atoms with E-state index in [0.29, 0.717) is 5.75 Å². The Labute approximate surface area is 185 Å². The molecule has 0 aliphatic heterocycles. The van der Waals surface area contributed by atoms with Gasteiger partial charge in [-0.05, 0) is 56.0 Å². The summed E-state index contributed by atoms with van der Waals surface area (Å²) < 4.78 is 33.4. The molecule has 0 saturated carbocycles. The van der Waals surface area contributed by atoms with Gasteiger partial charge in [-0.15, -0.1) is 0 Å². The van der Waals surface area contributed by atoms with E-state index in [9.17, 15) is 23.2 Å². The van der Waals surface area contributed by atoms with Crippen molar-refractivity contribution in [3.63, 3.8) is 0 Å². The number of carbonyl (C=O) groups is 3. The van der Waals surface area contributed by atoms with E-state index in [1.165, 1.54) is 6.92 Å². The molecule has 0 bridgehead atoms. The lowest BCUT2D eigenvalue weighted by Gasteiger charge is -2.23. The van der Waals surface area contributed by atoms with E-state index < -0.39 is 53.0 Å². The molecule has 2 rings (SSSR count). The largest absolute Gasteiger partial charge is 0.481 e. The van der Waals surface area contributed by atoms with Gasteiger partial charge >= 0.3 is 0 Å². The van der Waals surface area contributed by atoms with E-state index in [2.05, 4.69) is 16.2 Å². The number of ether oxygens (including phenoxy) is 1. The van der Waals surface area contributed by atoms with Crippen molar-refractivity contribution in [1.29, 1.82) is 0 Å². The number of hydrogen-bond acceptors (Lipinski definition) is 4. The maximum absolute atomic E-state index is 13.9. The molecule has 0 aliphatic rings. The number of hydrazine groups is 1. The van der Waals surface area contributed by atoms with Crippen LogP contribution in [0.1, 0.15) is 42.3 Å². The molecule has 2 unspecified atom stereocenters. The minimum Gasteiger partial charge on any atom is -0.481 e. The van der Waals surface area contributed by atoms with Gasteiger partial charge in [0, 0.05) is 0 Å². The molecular formula is C23H27F2N3O4. The highest BCUT2D eigenvalue weighted by Crippen LogP contribution is 2.21. The van der Waals surface area contributed by atoms with Gasteiger partial charge < -0.3 is 10.1 Å². The first kappa shape index (κ1) is 24.8. The van der Waals surface area contributed by atoms with Gasteiger partial charge in [-0.25, -0.2) is 8.78 Å². The summed E-state index contributed by atoms with van der Waals surface area (Å²) in [4.78, 5) is 37.2. The Hall–Kier alpha value is -3.49. The maximum atomic E-state index is 13.9. The second-order valence-electron chi connectivity index (χ2n) is 7.73. The van der Waals surface area contributed by atoms with Crippen LogP contribution in [0.15, 0.2) is 36.4 Å². The fraction of sp³-hybridized carbons (Fsp3) is 0.348. The molecule has 172 valence electrons. The van der Waals surface area contributed by atoms with Crippen LogP contribution in [0, 0.1) is 31.4 Å². The molecule has 0 aliphatic carbocycles. The molecule has 0 heterocycles. The molecule has 9 heteroatoms. The summed E-state index contributed by atoms with van der Waals surface area (Å²) in [6.45, 7) is 8.57. The molecule has 0 saturated heterocycles. The molecule has 0 fully saturated rings. The Morgan fingerprint density at radius 1 is 0.875 bits per heavy atom. The third kappa shape index (κ3) is 6.03.